The summed E-state index contributed by atoms with van der Waals surface area (Å²) in [5.41, 5.74) is -0.759. The van der Waals surface area contributed by atoms with Crippen molar-refractivity contribution in [2.45, 2.75) is 37.1 Å². The van der Waals surface area contributed by atoms with Gasteiger partial charge in [-0.3, -0.25) is 4.79 Å². The second kappa shape index (κ2) is 13.4. The van der Waals surface area contributed by atoms with Gasteiger partial charge in [0, 0.05) is 25.2 Å². The number of hydrogen-bond donors (Lipinski definition) is 3. The van der Waals surface area contributed by atoms with Crippen LogP contribution in [0.15, 0.2) is 71.6 Å². The molecule has 0 fully saturated rings. The minimum absolute atomic E-state index is 0.0311. The van der Waals surface area contributed by atoms with Gasteiger partial charge in [-0.2, -0.15) is 17.5 Å². The molecule has 10 nitrogen and oxygen atoms in total. The van der Waals surface area contributed by atoms with Crippen molar-refractivity contribution in [3.05, 3.63) is 83.7 Å². The number of anilines is 2. The van der Waals surface area contributed by atoms with E-state index in [-0.39, 0.29) is 47.3 Å². The van der Waals surface area contributed by atoms with Gasteiger partial charge in [0.1, 0.15) is 11.9 Å². The number of hydrogen-bond acceptors (Lipinski definition) is 6. The van der Waals surface area contributed by atoms with Crippen LogP contribution in [0.3, 0.4) is 0 Å². The average molecular weight is 653 g/mol. The fourth-order valence-electron chi connectivity index (χ4n) is 4.72. The second-order valence-corrected chi connectivity index (χ2v) is 12.7. The summed E-state index contributed by atoms with van der Waals surface area (Å²) in [5, 5.41) is 14.9. The first-order chi connectivity index (χ1) is 21.1. The molecule has 3 aromatic carbocycles. The molecule has 0 bridgehead atoms. The molecule has 0 saturated carbocycles. The number of sulfonamides is 1. The number of urea groups is 1. The second-order valence-electron chi connectivity index (χ2n) is 10.7. The molecule has 3 amide bonds. The molecule has 3 aromatic rings. The maximum absolute atomic E-state index is 13.7. The summed E-state index contributed by atoms with van der Waals surface area (Å²) < 4.78 is 86.1. The van der Waals surface area contributed by atoms with Gasteiger partial charge in [0.15, 0.2) is 5.75 Å². The Bertz CT molecular complexity index is 1640. The van der Waals surface area contributed by atoms with Gasteiger partial charge >= 0.3 is 12.2 Å². The summed E-state index contributed by atoms with van der Waals surface area (Å²) in [6.07, 6.45) is -5.43. The minimum Gasteiger partial charge on any atom is -0.486 e. The number of nitrogens with zero attached hydrogens (tertiary/aromatic N) is 2. The van der Waals surface area contributed by atoms with Crippen molar-refractivity contribution in [2.75, 3.05) is 37.4 Å². The normalized spacial score (nSPS) is 18.0. The molecule has 15 heteroatoms. The van der Waals surface area contributed by atoms with Crippen LogP contribution in [-0.4, -0.2) is 73.6 Å². The van der Waals surface area contributed by atoms with Gasteiger partial charge in [0.25, 0.3) is 5.91 Å². The fraction of sp³-hybridized carbons (Fsp3) is 0.333. The zero-order valence-corrected chi connectivity index (χ0v) is 25.3. The largest absolute Gasteiger partial charge is 0.486 e. The number of carbonyl (C=O) groups is 2. The summed E-state index contributed by atoms with van der Waals surface area (Å²) >= 11 is 0. The molecule has 0 spiro atoms. The van der Waals surface area contributed by atoms with Gasteiger partial charge in [-0.1, -0.05) is 13.0 Å². The van der Waals surface area contributed by atoms with Gasteiger partial charge in [0.05, 0.1) is 40.9 Å². The summed E-state index contributed by atoms with van der Waals surface area (Å²) in [7, 11) is -2.75. The number of ether oxygens (including phenoxy) is 1. The first kappa shape index (κ1) is 33.7. The SMILES string of the molecule is C[C@H]1CN([C@@H](C)CO)C(=O)c2cccc(NC(=O)Nc3ccc(C(F)(F)F)cc3)c2O[C@@H]1CN(C)S(=O)(=O)c1ccc(F)cc1. The quantitative estimate of drug-likeness (QED) is 0.293. The highest BCUT2D eigenvalue weighted by atomic mass is 32.2. The van der Waals surface area contributed by atoms with Gasteiger partial charge in [-0.15, -0.1) is 0 Å². The molecular formula is C30H32F4N4O6S. The molecule has 4 rings (SSSR count). The zero-order chi connectivity index (χ0) is 33.1. The molecule has 45 heavy (non-hydrogen) atoms. The summed E-state index contributed by atoms with van der Waals surface area (Å²) in [4.78, 5) is 27.8. The van der Waals surface area contributed by atoms with E-state index in [2.05, 4.69) is 10.6 Å². The summed E-state index contributed by atoms with van der Waals surface area (Å²) in [6, 6.07) is 11.1. The maximum Gasteiger partial charge on any atom is 0.416 e. The number of halogens is 4. The van der Waals surface area contributed by atoms with E-state index in [1.54, 1.807) is 13.8 Å². The molecule has 1 aliphatic heterocycles. The Hall–Kier alpha value is -4.21. The van der Waals surface area contributed by atoms with Gasteiger partial charge in [-0.25, -0.2) is 17.6 Å². The molecule has 1 aliphatic rings. The molecular weight excluding hydrogens is 620 g/mol. The molecule has 0 aliphatic carbocycles. The van der Waals surface area contributed by atoms with Crippen molar-refractivity contribution in [1.82, 2.24) is 9.21 Å². The van der Waals surface area contributed by atoms with Gasteiger partial charge in [0.2, 0.25) is 10.0 Å². The van der Waals surface area contributed by atoms with Crippen molar-refractivity contribution in [3.63, 3.8) is 0 Å². The minimum atomic E-state index is -4.55. The molecule has 0 radical (unpaired) electrons. The van der Waals surface area contributed by atoms with E-state index in [4.69, 9.17) is 4.74 Å². The van der Waals surface area contributed by atoms with Crippen LogP contribution in [0.1, 0.15) is 29.8 Å². The lowest BCUT2D eigenvalue weighted by Crippen LogP contribution is -2.50. The molecule has 3 atom stereocenters. The van der Waals surface area contributed by atoms with Crippen LogP contribution in [0.5, 0.6) is 5.75 Å². The summed E-state index contributed by atoms with van der Waals surface area (Å²) in [5.74, 6) is -1.66. The Labute approximate surface area is 257 Å². The lowest BCUT2D eigenvalue weighted by molar-refractivity contribution is -0.137. The van der Waals surface area contributed by atoms with E-state index in [0.29, 0.717) is 0 Å². The highest BCUT2D eigenvalue weighted by molar-refractivity contribution is 7.89. The average Bonchev–Trinajstić information content (AvgIpc) is 2.98. The Balaban J connectivity index is 1.65. The number of likely N-dealkylation sites (N-methyl/N-ethyl adjacent to an activating group) is 1. The zero-order valence-electron chi connectivity index (χ0n) is 24.5. The number of fused-ring (bicyclic) bond motifs is 1. The van der Waals surface area contributed by atoms with Crippen molar-refractivity contribution in [3.8, 4) is 5.75 Å². The van der Waals surface area contributed by atoms with Gasteiger partial charge < -0.3 is 25.4 Å². The number of amides is 3. The molecule has 242 valence electrons. The lowest BCUT2D eigenvalue weighted by atomic mass is 9.99. The first-order valence-corrected chi connectivity index (χ1v) is 15.2. The first-order valence-electron chi connectivity index (χ1n) is 13.8. The number of alkyl halides is 3. The van der Waals surface area contributed by atoms with E-state index in [1.807, 2.05) is 0 Å². The molecule has 0 unspecified atom stereocenters. The van der Waals surface area contributed by atoms with E-state index >= 15 is 0 Å². The number of aliphatic hydroxyl groups is 1. The van der Waals surface area contributed by atoms with Crippen LogP contribution >= 0.6 is 0 Å². The number of rotatable bonds is 8. The third kappa shape index (κ3) is 7.72. The summed E-state index contributed by atoms with van der Waals surface area (Å²) in [6.45, 7) is 2.92. The highest BCUT2D eigenvalue weighted by Gasteiger charge is 2.36. The van der Waals surface area contributed by atoms with E-state index in [9.17, 15) is 40.7 Å². The van der Waals surface area contributed by atoms with E-state index in [0.717, 1.165) is 52.8 Å². The fourth-order valence-corrected chi connectivity index (χ4v) is 5.91. The topological polar surface area (TPSA) is 128 Å². The Morgan fingerprint density at radius 3 is 2.33 bits per heavy atom. The predicted octanol–water partition coefficient (Wildman–Crippen LogP) is 5.03. The number of para-hydroxylation sites is 1. The van der Waals surface area contributed by atoms with Crippen LogP contribution < -0.4 is 15.4 Å². The number of aliphatic hydroxyl groups excluding tert-OH is 1. The molecule has 0 saturated heterocycles. The van der Waals surface area contributed by atoms with Crippen molar-refractivity contribution in [2.24, 2.45) is 5.92 Å². The maximum atomic E-state index is 13.7. The number of nitrogens with one attached hydrogen (secondary N) is 2. The van der Waals surface area contributed by atoms with Crippen LogP contribution in [0.4, 0.5) is 33.7 Å². The third-order valence-corrected chi connectivity index (χ3v) is 9.21. The van der Waals surface area contributed by atoms with Gasteiger partial charge in [-0.05, 0) is 67.6 Å². The Morgan fingerprint density at radius 2 is 1.73 bits per heavy atom. The lowest BCUT2D eigenvalue weighted by Gasteiger charge is -2.38. The van der Waals surface area contributed by atoms with E-state index < -0.39 is 57.6 Å². The smallest absolute Gasteiger partial charge is 0.416 e. The molecule has 0 aromatic heterocycles. The Morgan fingerprint density at radius 1 is 1.09 bits per heavy atom. The van der Waals surface area contributed by atoms with Crippen molar-refractivity contribution >= 4 is 33.3 Å². The number of benzene rings is 3. The van der Waals surface area contributed by atoms with Crippen molar-refractivity contribution in [1.29, 1.82) is 0 Å². The molecule has 3 N–H and O–H groups in total. The predicted molar refractivity (Wildman–Crippen MR) is 158 cm³/mol. The van der Waals surface area contributed by atoms with Crippen molar-refractivity contribution < 1.29 is 45.4 Å². The standard InChI is InChI=1S/C30H32F4N4O6S/c1-18-15-38(19(2)17-39)28(40)24-5-4-6-25(36-29(41)35-22-11-7-20(8-12-22)30(32,33)34)27(24)44-26(18)16-37(3)45(42,43)23-13-9-21(31)10-14-23/h4-14,18-19,26,39H,15-17H2,1-3H3,(H2,35,36,41)/t18-,19-,26+/m0/s1. The van der Waals surface area contributed by atoms with Crippen LogP contribution in [0, 0.1) is 11.7 Å². The van der Waals surface area contributed by atoms with Crippen LogP contribution in [0.25, 0.3) is 0 Å². The number of carbonyl (C=O) groups excluding carboxylic acids is 2. The third-order valence-electron chi connectivity index (χ3n) is 7.37. The van der Waals surface area contributed by atoms with Crippen LogP contribution in [0.2, 0.25) is 0 Å². The monoisotopic (exact) mass is 652 g/mol. The van der Waals surface area contributed by atoms with Crippen LogP contribution in [-0.2, 0) is 16.2 Å². The molecule has 1 heterocycles. The Kier molecular flexibility index (Phi) is 10.0. The van der Waals surface area contributed by atoms with E-state index in [1.165, 1.54) is 30.1 Å². The highest BCUT2D eigenvalue weighted by Crippen LogP contribution is 2.36.